The van der Waals surface area contributed by atoms with Gasteiger partial charge in [-0.05, 0) is 37.1 Å². The fourth-order valence-electron chi connectivity index (χ4n) is 2.66. The van der Waals surface area contributed by atoms with Crippen LogP contribution in [0.2, 0.25) is 0 Å². The summed E-state index contributed by atoms with van der Waals surface area (Å²) in [6, 6.07) is 16.0. The van der Waals surface area contributed by atoms with Crippen molar-refractivity contribution < 1.29 is 9.53 Å². The minimum Gasteiger partial charge on any atom is -0.495 e. The predicted molar refractivity (Wildman–Crippen MR) is 126 cm³/mol. The van der Waals surface area contributed by atoms with Gasteiger partial charge in [0, 0.05) is 13.5 Å². The number of halogens is 1. The Bertz CT molecular complexity index is 781. The minimum atomic E-state index is -0.138. The van der Waals surface area contributed by atoms with E-state index in [1.54, 1.807) is 7.11 Å². The van der Waals surface area contributed by atoms with Crippen molar-refractivity contribution in [1.29, 1.82) is 0 Å². The van der Waals surface area contributed by atoms with E-state index in [4.69, 9.17) is 4.74 Å². The number of nitrogens with zero attached hydrogens (tertiary/aromatic N) is 1. The van der Waals surface area contributed by atoms with E-state index in [2.05, 4.69) is 40.0 Å². The highest BCUT2D eigenvalue weighted by Gasteiger charge is 2.09. The zero-order valence-corrected chi connectivity index (χ0v) is 19.1. The number of methoxy groups -OCH3 is 1. The van der Waals surface area contributed by atoms with E-state index in [1.165, 1.54) is 12.5 Å². The summed E-state index contributed by atoms with van der Waals surface area (Å²) in [6.45, 7) is 6.86. The van der Waals surface area contributed by atoms with E-state index < -0.39 is 0 Å². The Morgan fingerprint density at radius 3 is 2.50 bits per heavy atom. The standard InChI is InChI=1S/C21H28N4O2.HI/c1-5-22-21(24-15(2)18-9-7-6-8-10-18)23-14-17-11-12-20(27-4)19(13-17)25-16(3)26;/h6-13,15H,5,14H2,1-4H3,(H,25,26)(H2,22,23,24);1H. The number of anilines is 1. The molecule has 1 atom stereocenters. The van der Waals surface area contributed by atoms with Gasteiger partial charge in [-0.15, -0.1) is 24.0 Å². The summed E-state index contributed by atoms with van der Waals surface area (Å²) in [7, 11) is 1.58. The van der Waals surface area contributed by atoms with Crippen molar-refractivity contribution in [3.8, 4) is 5.75 Å². The molecule has 7 heteroatoms. The van der Waals surface area contributed by atoms with Gasteiger partial charge in [-0.1, -0.05) is 36.4 Å². The van der Waals surface area contributed by atoms with Crippen LogP contribution in [0.15, 0.2) is 53.5 Å². The number of aliphatic imine (C=N–C) groups is 1. The molecule has 0 saturated carbocycles. The van der Waals surface area contributed by atoms with Gasteiger partial charge in [0.15, 0.2) is 5.96 Å². The van der Waals surface area contributed by atoms with E-state index in [9.17, 15) is 4.79 Å². The van der Waals surface area contributed by atoms with Crippen molar-refractivity contribution in [3.05, 3.63) is 59.7 Å². The molecule has 2 rings (SSSR count). The highest BCUT2D eigenvalue weighted by molar-refractivity contribution is 14.0. The molecule has 28 heavy (non-hydrogen) atoms. The van der Waals surface area contributed by atoms with Crippen LogP contribution in [0.5, 0.6) is 5.75 Å². The van der Waals surface area contributed by atoms with Crippen molar-refractivity contribution >= 4 is 41.5 Å². The smallest absolute Gasteiger partial charge is 0.221 e. The SMILES string of the molecule is CCNC(=NCc1ccc(OC)c(NC(C)=O)c1)NC(C)c1ccccc1.I. The van der Waals surface area contributed by atoms with Gasteiger partial charge in [-0.3, -0.25) is 4.79 Å². The molecule has 0 spiro atoms. The van der Waals surface area contributed by atoms with E-state index in [1.807, 2.05) is 43.3 Å². The average Bonchev–Trinajstić information content (AvgIpc) is 2.66. The lowest BCUT2D eigenvalue weighted by molar-refractivity contribution is -0.114. The van der Waals surface area contributed by atoms with Crippen LogP contribution in [0.25, 0.3) is 0 Å². The molecule has 1 unspecified atom stereocenters. The first-order valence-corrected chi connectivity index (χ1v) is 9.07. The van der Waals surface area contributed by atoms with Crippen LogP contribution >= 0.6 is 24.0 Å². The fourth-order valence-corrected chi connectivity index (χ4v) is 2.66. The van der Waals surface area contributed by atoms with Crippen molar-refractivity contribution in [3.63, 3.8) is 0 Å². The first kappa shape index (κ1) is 23.7. The van der Waals surface area contributed by atoms with Crippen molar-refractivity contribution in [2.75, 3.05) is 19.0 Å². The molecule has 0 aromatic heterocycles. The van der Waals surface area contributed by atoms with E-state index in [0.29, 0.717) is 18.0 Å². The fraction of sp³-hybridized carbons (Fsp3) is 0.333. The molecule has 3 N–H and O–H groups in total. The molecule has 152 valence electrons. The van der Waals surface area contributed by atoms with E-state index in [-0.39, 0.29) is 35.9 Å². The summed E-state index contributed by atoms with van der Waals surface area (Å²) >= 11 is 0. The number of nitrogens with one attached hydrogen (secondary N) is 3. The molecular formula is C21H29IN4O2. The van der Waals surface area contributed by atoms with Crippen LogP contribution in [0, 0.1) is 0 Å². The van der Waals surface area contributed by atoms with E-state index in [0.717, 1.165) is 18.1 Å². The molecule has 2 aromatic rings. The molecule has 0 aliphatic rings. The maximum Gasteiger partial charge on any atom is 0.221 e. The maximum absolute atomic E-state index is 11.4. The summed E-state index contributed by atoms with van der Waals surface area (Å²) in [5, 5.41) is 9.47. The Labute approximate surface area is 184 Å². The molecule has 0 aliphatic carbocycles. The predicted octanol–water partition coefficient (Wildman–Crippen LogP) is 4.09. The lowest BCUT2D eigenvalue weighted by atomic mass is 10.1. The second-order valence-corrected chi connectivity index (χ2v) is 6.19. The Balaban J connectivity index is 0.00000392. The van der Waals surface area contributed by atoms with Gasteiger partial charge < -0.3 is 20.7 Å². The van der Waals surface area contributed by atoms with Crippen LogP contribution in [-0.4, -0.2) is 25.5 Å². The molecule has 1 amide bonds. The van der Waals surface area contributed by atoms with Crippen molar-refractivity contribution in [2.45, 2.75) is 33.4 Å². The summed E-state index contributed by atoms with van der Waals surface area (Å²) in [6.07, 6.45) is 0. The number of hydrogen-bond donors (Lipinski definition) is 3. The Morgan fingerprint density at radius 2 is 1.89 bits per heavy atom. The molecular weight excluding hydrogens is 467 g/mol. The Morgan fingerprint density at radius 1 is 1.18 bits per heavy atom. The lowest BCUT2D eigenvalue weighted by Gasteiger charge is -2.18. The maximum atomic E-state index is 11.4. The highest BCUT2D eigenvalue weighted by atomic mass is 127. The summed E-state index contributed by atoms with van der Waals surface area (Å²) < 4.78 is 5.29. The second kappa shape index (κ2) is 12.2. The number of carbonyl (C=O) groups excluding carboxylic acids is 1. The summed E-state index contributed by atoms with van der Waals surface area (Å²) in [4.78, 5) is 16.1. The summed E-state index contributed by atoms with van der Waals surface area (Å²) in [5.41, 5.74) is 2.82. The van der Waals surface area contributed by atoms with Gasteiger partial charge in [0.2, 0.25) is 5.91 Å². The quantitative estimate of drug-likeness (QED) is 0.307. The first-order valence-electron chi connectivity index (χ1n) is 9.07. The zero-order chi connectivity index (χ0) is 19.6. The topological polar surface area (TPSA) is 74.8 Å². The molecule has 6 nitrogen and oxygen atoms in total. The normalized spacial score (nSPS) is 11.8. The molecule has 0 saturated heterocycles. The van der Waals surface area contributed by atoms with Crippen LogP contribution in [0.3, 0.4) is 0 Å². The Hall–Kier alpha value is -2.29. The third-order valence-electron chi connectivity index (χ3n) is 3.99. The van der Waals surface area contributed by atoms with Crippen LogP contribution in [-0.2, 0) is 11.3 Å². The molecule has 0 fully saturated rings. The molecule has 0 heterocycles. The van der Waals surface area contributed by atoms with Crippen LogP contribution < -0.4 is 20.7 Å². The van der Waals surface area contributed by atoms with Gasteiger partial charge in [-0.2, -0.15) is 0 Å². The molecule has 0 bridgehead atoms. The van der Waals surface area contributed by atoms with E-state index >= 15 is 0 Å². The number of amides is 1. The lowest BCUT2D eigenvalue weighted by Crippen LogP contribution is -2.38. The summed E-state index contributed by atoms with van der Waals surface area (Å²) in [5.74, 6) is 1.23. The number of benzene rings is 2. The van der Waals surface area contributed by atoms with Crippen molar-refractivity contribution in [1.82, 2.24) is 10.6 Å². The molecule has 0 radical (unpaired) electrons. The third kappa shape index (κ3) is 7.38. The minimum absolute atomic E-state index is 0. The average molecular weight is 496 g/mol. The molecule has 2 aromatic carbocycles. The zero-order valence-electron chi connectivity index (χ0n) is 16.8. The van der Waals surface area contributed by atoms with Crippen LogP contribution in [0.1, 0.15) is 37.9 Å². The van der Waals surface area contributed by atoms with Gasteiger partial charge in [0.05, 0.1) is 25.4 Å². The monoisotopic (exact) mass is 496 g/mol. The first-order chi connectivity index (χ1) is 13.0. The highest BCUT2D eigenvalue weighted by Crippen LogP contribution is 2.25. The number of carbonyl (C=O) groups is 1. The molecule has 0 aliphatic heterocycles. The number of ether oxygens (including phenoxy) is 1. The third-order valence-corrected chi connectivity index (χ3v) is 3.99. The van der Waals surface area contributed by atoms with Crippen LogP contribution in [0.4, 0.5) is 5.69 Å². The largest absolute Gasteiger partial charge is 0.495 e. The van der Waals surface area contributed by atoms with Gasteiger partial charge >= 0.3 is 0 Å². The van der Waals surface area contributed by atoms with Crippen molar-refractivity contribution in [2.24, 2.45) is 4.99 Å². The van der Waals surface area contributed by atoms with Gasteiger partial charge in [0.1, 0.15) is 5.75 Å². The number of rotatable bonds is 7. The van der Waals surface area contributed by atoms with Gasteiger partial charge in [0.25, 0.3) is 0 Å². The second-order valence-electron chi connectivity index (χ2n) is 6.19. The van der Waals surface area contributed by atoms with Gasteiger partial charge in [-0.25, -0.2) is 4.99 Å². The number of guanidine groups is 1. The number of hydrogen-bond acceptors (Lipinski definition) is 3. The Kier molecular flexibility index (Phi) is 10.4.